The number of nitrogens with one attached hydrogen (secondary N) is 1. The highest BCUT2D eigenvalue weighted by molar-refractivity contribution is 6.07. The third-order valence-electron chi connectivity index (χ3n) is 6.03. The normalized spacial score (nSPS) is 15.4. The number of benzene rings is 2. The van der Waals surface area contributed by atoms with Crippen LogP contribution in [0.3, 0.4) is 0 Å². The number of carbonyl (C=O) groups excluding carboxylic acids is 2. The number of para-hydroxylation sites is 1. The highest BCUT2D eigenvalue weighted by atomic mass is 16.5. The van der Waals surface area contributed by atoms with E-state index in [1.165, 1.54) is 0 Å². The van der Waals surface area contributed by atoms with Gasteiger partial charge in [-0.05, 0) is 44.0 Å². The molecule has 4 rings (SSSR count). The van der Waals surface area contributed by atoms with Gasteiger partial charge in [-0.25, -0.2) is 0 Å². The number of hydrogen-bond acceptors (Lipinski definition) is 4. The van der Waals surface area contributed by atoms with Gasteiger partial charge in [0, 0.05) is 36.7 Å². The summed E-state index contributed by atoms with van der Waals surface area (Å²) in [5.74, 6) is 0.431. The molecular formula is C26H31N3O4. The lowest BCUT2D eigenvalue weighted by molar-refractivity contribution is -0.122. The maximum Gasteiger partial charge on any atom is 0.272 e. The molecule has 1 aliphatic rings. The molecule has 174 valence electrons. The minimum Gasteiger partial charge on any atom is -0.497 e. The zero-order chi connectivity index (χ0) is 23.5. The Kier molecular flexibility index (Phi) is 6.70. The van der Waals surface area contributed by atoms with Crippen LogP contribution in [0.2, 0.25) is 0 Å². The molecule has 0 aliphatic carbocycles. The molecule has 1 aliphatic heterocycles. The van der Waals surface area contributed by atoms with Gasteiger partial charge in [0.15, 0.2) is 0 Å². The molecule has 0 fully saturated rings. The second kappa shape index (κ2) is 9.67. The molecule has 0 saturated carbocycles. The van der Waals surface area contributed by atoms with Gasteiger partial charge in [0.25, 0.3) is 5.91 Å². The Morgan fingerprint density at radius 3 is 2.55 bits per heavy atom. The van der Waals surface area contributed by atoms with E-state index in [1.54, 1.807) is 12.0 Å². The van der Waals surface area contributed by atoms with Crippen molar-refractivity contribution < 1.29 is 19.1 Å². The number of amides is 2. The summed E-state index contributed by atoms with van der Waals surface area (Å²) in [7, 11) is 3.53. The Hall–Kier alpha value is -3.32. The summed E-state index contributed by atoms with van der Waals surface area (Å²) in [5.41, 5.74) is 3.53. The van der Waals surface area contributed by atoms with Crippen LogP contribution in [0.15, 0.2) is 48.5 Å². The van der Waals surface area contributed by atoms with Gasteiger partial charge in [-0.15, -0.1) is 0 Å². The van der Waals surface area contributed by atoms with Crippen LogP contribution in [0, 0.1) is 0 Å². The van der Waals surface area contributed by atoms with Crippen molar-refractivity contribution in [2.45, 2.75) is 32.4 Å². The average molecular weight is 450 g/mol. The molecule has 7 nitrogen and oxygen atoms in total. The minimum atomic E-state index is -0.348. The van der Waals surface area contributed by atoms with E-state index >= 15 is 0 Å². The van der Waals surface area contributed by atoms with Gasteiger partial charge in [0.05, 0.1) is 19.3 Å². The lowest BCUT2D eigenvalue weighted by Gasteiger charge is -2.26. The summed E-state index contributed by atoms with van der Waals surface area (Å²) in [6.45, 7) is 5.06. The largest absolute Gasteiger partial charge is 0.497 e. The van der Waals surface area contributed by atoms with Crippen LogP contribution >= 0.6 is 0 Å². The number of rotatable bonds is 9. The third-order valence-corrected chi connectivity index (χ3v) is 6.03. The Morgan fingerprint density at radius 1 is 1.12 bits per heavy atom. The Balaban J connectivity index is 1.62. The zero-order valence-corrected chi connectivity index (χ0v) is 19.6. The number of carbonyl (C=O) groups is 2. The van der Waals surface area contributed by atoms with Gasteiger partial charge in [0.1, 0.15) is 18.0 Å². The molecule has 0 spiro atoms. The predicted molar refractivity (Wildman–Crippen MR) is 128 cm³/mol. The van der Waals surface area contributed by atoms with Crippen molar-refractivity contribution in [3.63, 3.8) is 0 Å². The molecule has 2 heterocycles. The van der Waals surface area contributed by atoms with Crippen molar-refractivity contribution in [3.8, 4) is 5.75 Å². The molecule has 7 heteroatoms. The van der Waals surface area contributed by atoms with E-state index in [0.29, 0.717) is 18.8 Å². The molecule has 1 N–H and O–H groups in total. The van der Waals surface area contributed by atoms with Crippen LogP contribution in [0.4, 0.5) is 0 Å². The van der Waals surface area contributed by atoms with E-state index in [4.69, 9.17) is 9.47 Å². The smallest absolute Gasteiger partial charge is 0.272 e. The van der Waals surface area contributed by atoms with Crippen molar-refractivity contribution >= 4 is 22.7 Å². The Morgan fingerprint density at radius 2 is 1.85 bits per heavy atom. The fraction of sp³-hybridized carbons (Fsp3) is 0.385. The maximum absolute atomic E-state index is 13.6. The molecule has 0 saturated heterocycles. The van der Waals surface area contributed by atoms with Gasteiger partial charge in [-0.3, -0.25) is 9.59 Å². The van der Waals surface area contributed by atoms with Crippen LogP contribution in [-0.2, 0) is 16.6 Å². The average Bonchev–Trinajstić information content (AvgIpc) is 3.26. The molecule has 3 aromatic rings. The number of nitrogens with zero attached hydrogens (tertiary/aromatic N) is 2. The lowest BCUT2D eigenvalue weighted by Crippen LogP contribution is -2.40. The van der Waals surface area contributed by atoms with Crippen molar-refractivity contribution in [2.24, 2.45) is 7.05 Å². The monoisotopic (exact) mass is 449 g/mol. The van der Waals surface area contributed by atoms with Gasteiger partial charge >= 0.3 is 0 Å². The number of methoxy groups -OCH3 is 1. The zero-order valence-electron chi connectivity index (χ0n) is 19.6. The summed E-state index contributed by atoms with van der Waals surface area (Å²) in [6, 6.07) is 15.3. The second-order valence-electron chi connectivity index (χ2n) is 8.57. The van der Waals surface area contributed by atoms with Crippen molar-refractivity contribution in [1.82, 2.24) is 14.8 Å². The van der Waals surface area contributed by atoms with Crippen LogP contribution in [0.1, 0.15) is 47.9 Å². The number of aromatic nitrogens is 1. The fourth-order valence-corrected chi connectivity index (χ4v) is 4.49. The molecule has 2 aromatic carbocycles. The van der Waals surface area contributed by atoms with E-state index in [9.17, 15) is 9.59 Å². The van der Waals surface area contributed by atoms with Gasteiger partial charge in [0.2, 0.25) is 5.91 Å². The molecule has 0 unspecified atom stereocenters. The summed E-state index contributed by atoms with van der Waals surface area (Å²) in [4.78, 5) is 28.0. The number of aryl methyl sites for hydroxylation is 1. The topological polar surface area (TPSA) is 72.8 Å². The number of fused-ring (bicyclic) bond motifs is 3. The van der Waals surface area contributed by atoms with Crippen LogP contribution in [-0.4, -0.2) is 54.2 Å². The summed E-state index contributed by atoms with van der Waals surface area (Å²) >= 11 is 0. The first kappa shape index (κ1) is 22.9. The van der Waals surface area contributed by atoms with Crippen molar-refractivity contribution in [3.05, 3.63) is 65.4 Å². The molecule has 1 atom stereocenters. The van der Waals surface area contributed by atoms with Gasteiger partial charge in [-0.1, -0.05) is 30.3 Å². The van der Waals surface area contributed by atoms with Crippen molar-refractivity contribution in [1.29, 1.82) is 0 Å². The third kappa shape index (κ3) is 4.46. The number of hydrogen-bond donors (Lipinski definition) is 1. The molecule has 33 heavy (non-hydrogen) atoms. The molecule has 0 radical (unpaired) electrons. The first-order valence-electron chi connectivity index (χ1n) is 11.3. The molecule has 0 bridgehead atoms. The first-order valence-corrected chi connectivity index (χ1v) is 11.3. The summed E-state index contributed by atoms with van der Waals surface area (Å²) < 4.78 is 12.8. The van der Waals surface area contributed by atoms with Crippen LogP contribution in [0.25, 0.3) is 10.9 Å². The van der Waals surface area contributed by atoms with Gasteiger partial charge < -0.3 is 24.3 Å². The Bertz CT molecular complexity index is 1150. The minimum absolute atomic E-state index is 0.0103. The molecule has 2 amide bonds. The first-order chi connectivity index (χ1) is 15.9. The van der Waals surface area contributed by atoms with Gasteiger partial charge in [-0.2, -0.15) is 0 Å². The van der Waals surface area contributed by atoms with E-state index in [0.717, 1.165) is 34.2 Å². The number of ether oxygens (including phenoxy) is 2. The van der Waals surface area contributed by atoms with E-state index in [-0.39, 0.29) is 30.5 Å². The standard InChI is InChI=1S/C26H31N3O4/c1-17(2)33-15-7-14-27-22(30)16-29-24(18-10-12-19(32-4)13-11-18)23-20-8-5-6-9-21(20)28(3)25(23)26(29)31/h5-6,8-13,17,24H,7,14-16H2,1-4H3,(H,27,30)/t24-/m1/s1. The SMILES string of the molecule is COc1ccc([C@@H]2c3c(n(C)c4ccccc34)C(=O)N2CC(=O)NCCCOC(C)C)cc1. The molecular weight excluding hydrogens is 418 g/mol. The summed E-state index contributed by atoms with van der Waals surface area (Å²) in [5, 5.41) is 3.95. The summed E-state index contributed by atoms with van der Waals surface area (Å²) in [6.07, 6.45) is 0.895. The predicted octanol–water partition coefficient (Wildman–Crippen LogP) is 3.66. The lowest BCUT2D eigenvalue weighted by atomic mass is 9.98. The van der Waals surface area contributed by atoms with E-state index < -0.39 is 0 Å². The highest BCUT2D eigenvalue weighted by Gasteiger charge is 2.42. The molecule has 1 aromatic heterocycles. The maximum atomic E-state index is 13.6. The van der Waals surface area contributed by atoms with Crippen molar-refractivity contribution in [2.75, 3.05) is 26.8 Å². The highest BCUT2D eigenvalue weighted by Crippen LogP contribution is 2.43. The Labute approximate surface area is 194 Å². The fourth-order valence-electron chi connectivity index (χ4n) is 4.49. The van der Waals surface area contributed by atoms with Crippen LogP contribution in [0.5, 0.6) is 5.75 Å². The van der Waals surface area contributed by atoms with Crippen LogP contribution < -0.4 is 10.1 Å². The van der Waals surface area contributed by atoms with E-state index in [1.807, 2.05) is 74.0 Å². The quantitative estimate of drug-likeness (QED) is 0.506. The second-order valence-corrected chi connectivity index (χ2v) is 8.57. The van der Waals surface area contributed by atoms with E-state index in [2.05, 4.69) is 5.32 Å².